The summed E-state index contributed by atoms with van der Waals surface area (Å²) in [5.74, 6) is 1.97. The van der Waals surface area contributed by atoms with Crippen molar-refractivity contribution in [3.8, 4) is 23.2 Å². The summed E-state index contributed by atoms with van der Waals surface area (Å²) < 4.78 is 14.9. The zero-order valence-corrected chi connectivity index (χ0v) is 24.9. The average Bonchev–Trinajstić information content (AvgIpc) is 3.39. The number of benzene rings is 2. The van der Waals surface area contributed by atoms with Gasteiger partial charge in [-0.2, -0.15) is 5.26 Å². The molecule has 5 aromatic rings. The molecule has 3 aromatic heterocycles. The van der Waals surface area contributed by atoms with Crippen molar-refractivity contribution in [2.45, 2.75) is 45.8 Å². The highest BCUT2D eigenvalue weighted by molar-refractivity contribution is 5.81. The molecule has 44 heavy (non-hydrogen) atoms. The van der Waals surface area contributed by atoms with Crippen molar-refractivity contribution in [2.24, 2.45) is 5.92 Å². The first kappa shape index (κ1) is 28.9. The van der Waals surface area contributed by atoms with Crippen LogP contribution < -0.4 is 10.3 Å². The molecule has 1 fully saturated rings. The third-order valence-corrected chi connectivity index (χ3v) is 7.58. The van der Waals surface area contributed by atoms with E-state index in [-0.39, 0.29) is 11.7 Å². The minimum absolute atomic E-state index is 0.174. The molecule has 0 radical (unpaired) electrons. The van der Waals surface area contributed by atoms with Gasteiger partial charge in [0.1, 0.15) is 5.60 Å². The van der Waals surface area contributed by atoms with Crippen LogP contribution in [0, 0.1) is 17.2 Å². The van der Waals surface area contributed by atoms with Gasteiger partial charge in [-0.1, -0.05) is 18.2 Å². The summed E-state index contributed by atoms with van der Waals surface area (Å²) in [6.45, 7) is 7.74. The van der Waals surface area contributed by atoms with Crippen molar-refractivity contribution in [3.63, 3.8) is 0 Å². The minimum Gasteiger partial charge on any atom is -0.490 e. The van der Waals surface area contributed by atoms with E-state index < -0.39 is 5.60 Å². The van der Waals surface area contributed by atoms with Crippen LogP contribution >= 0.6 is 0 Å². The van der Waals surface area contributed by atoms with Gasteiger partial charge in [-0.15, -0.1) is 0 Å². The molecule has 0 unspecified atom stereocenters. The first-order valence-corrected chi connectivity index (χ1v) is 14.6. The summed E-state index contributed by atoms with van der Waals surface area (Å²) in [6.07, 6.45) is 6.45. The molecular weight excluding hydrogens is 558 g/mol. The molecule has 0 saturated carbocycles. The lowest BCUT2D eigenvalue weighted by Gasteiger charge is -2.33. The van der Waals surface area contributed by atoms with E-state index in [0.29, 0.717) is 60.6 Å². The molecule has 6 rings (SSSR count). The van der Waals surface area contributed by atoms with Crippen molar-refractivity contribution in [3.05, 3.63) is 88.6 Å². The van der Waals surface area contributed by atoms with E-state index in [4.69, 9.17) is 9.47 Å². The number of rotatable bonds is 6. The molecule has 2 aromatic carbocycles. The van der Waals surface area contributed by atoms with Crippen LogP contribution in [0.4, 0.5) is 4.79 Å². The summed E-state index contributed by atoms with van der Waals surface area (Å²) in [4.78, 5) is 40.7. The van der Waals surface area contributed by atoms with Gasteiger partial charge in [-0.3, -0.25) is 13.8 Å². The molecule has 0 bridgehead atoms. The van der Waals surface area contributed by atoms with E-state index >= 15 is 0 Å². The van der Waals surface area contributed by atoms with Gasteiger partial charge in [-0.25, -0.2) is 19.7 Å². The smallest absolute Gasteiger partial charge is 0.410 e. The van der Waals surface area contributed by atoms with Crippen LogP contribution in [-0.2, 0) is 11.3 Å². The summed E-state index contributed by atoms with van der Waals surface area (Å²) in [6, 6.07) is 16.7. The number of nitriles is 1. The van der Waals surface area contributed by atoms with Gasteiger partial charge >= 0.3 is 6.09 Å². The topological polar surface area (TPSA) is 128 Å². The number of hydrogen-bond donors (Lipinski definition) is 0. The summed E-state index contributed by atoms with van der Waals surface area (Å²) in [5.41, 5.74) is 3.04. The lowest BCUT2D eigenvalue weighted by molar-refractivity contribution is 0.0165. The van der Waals surface area contributed by atoms with Crippen LogP contribution in [-0.4, -0.2) is 60.2 Å². The van der Waals surface area contributed by atoms with Crippen LogP contribution in [0.15, 0.2) is 71.9 Å². The molecule has 11 heteroatoms. The Hall–Kier alpha value is -5.24. The maximum Gasteiger partial charge on any atom is 0.410 e. The SMILES string of the molecule is CC(C)(C)OC(=O)N1CCC(COc2cnc(-c3cccc(Cn4c(=O)ccn5c6cc(C#N)ccc6nc45)c3)nc2)CC1. The van der Waals surface area contributed by atoms with Gasteiger partial charge in [0.05, 0.1) is 48.2 Å². The second-order valence-electron chi connectivity index (χ2n) is 12.0. The van der Waals surface area contributed by atoms with E-state index in [1.54, 1.807) is 46.3 Å². The largest absolute Gasteiger partial charge is 0.490 e. The average molecular weight is 592 g/mol. The maximum absolute atomic E-state index is 12.9. The fourth-order valence-electron chi connectivity index (χ4n) is 5.32. The monoisotopic (exact) mass is 591 g/mol. The number of piperidine rings is 1. The first-order chi connectivity index (χ1) is 21.2. The molecule has 4 heterocycles. The van der Waals surface area contributed by atoms with Crippen molar-refractivity contribution in [1.82, 2.24) is 28.8 Å². The number of carbonyl (C=O) groups is 1. The molecule has 0 aliphatic carbocycles. The Kier molecular flexibility index (Phi) is 7.74. The van der Waals surface area contributed by atoms with Gasteiger partial charge < -0.3 is 14.4 Å². The van der Waals surface area contributed by atoms with E-state index in [1.807, 2.05) is 49.4 Å². The Bertz CT molecular complexity index is 1930. The normalized spacial score (nSPS) is 14.1. The first-order valence-electron chi connectivity index (χ1n) is 14.6. The Morgan fingerprint density at radius 2 is 1.84 bits per heavy atom. The van der Waals surface area contributed by atoms with Gasteiger partial charge in [-0.05, 0) is 69.4 Å². The molecule has 0 N–H and O–H groups in total. The van der Waals surface area contributed by atoms with E-state index in [1.165, 1.54) is 6.07 Å². The number of hydrogen-bond acceptors (Lipinski definition) is 8. The van der Waals surface area contributed by atoms with Crippen LogP contribution in [0.2, 0.25) is 0 Å². The molecule has 1 saturated heterocycles. The Balaban J connectivity index is 1.11. The van der Waals surface area contributed by atoms with Crippen LogP contribution in [0.5, 0.6) is 5.75 Å². The standard InChI is InChI=1S/C33H33N7O4/c1-33(2,3)44-32(42)38-12-9-22(10-13-38)21-43-26-18-35-30(36-19-26)25-6-4-5-24(15-25)20-40-29(41)11-14-39-28-16-23(17-34)7-8-27(28)37-31(39)40/h4-8,11,14-16,18-19,22H,9-10,12-13,20-21H2,1-3H3. The molecular formula is C33H33N7O4. The molecule has 224 valence electrons. The van der Waals surface area contributed by atoms with Crippen LogP contribution in [0.3, 0.4) is 0 Å². The third-order valence-electron chi connectivity index (χ3n) is 7.58. The number of aromatic nitrogens is 5. The highest BCUT2D eigenvalue weighted by Gasteiger charge is 2.27. The highest BCUT2D eigenvalue weighted by atomic mass is 16.6. The van der Waals surface area contributed by atoms with Crippen molar-refractivity contribution in [2.75, 3.05) is 19.7 Å². The Labute approximate surface area is 254 Å². The lowest BCUT2D eigenvalue weighted by atomic mass is 9.98. The maximum atomic E-state index is 12.9. The van der Waals surface area contributed by atoms with Crippen molar-refractivity contribution in [1.29, 1.82) is 5.26 Å². The number of imidazole rings is 1. The van der Waals surface area contributed by atoms with Gasteiger partial charge in [0, 0.05) is 30.9 Å². The van der Waals surface area contributed by atoms with Gasteiger partial charge in [0.2, 0.25) is 5.78 Å². The Morgan fingerprint density at radius 3 is 2.57 bits per heavy atom. The minimum atomic E-state index is -0.501. The second-order valence-corrected chi connectivity index (χ2v) is 12.0. The second kappa shape index (κ2) is 11.8. The van der Waals surface area contributed by atoms with E-state index in [9.17, 15) is 14.9 Å². The predicted octanol–water partition coefficient (Wildman–Crippen LogP) is 5.05. The third kappa shape index (κ3) is 6.24. The predicted molar refractivity (Wildman–Crippen MR) is 164 cm³/mol. The zero-order valence-electron chi connectivity index (χ0n) is 24.9. The Morgan fingerprint density at radius 1 is 1.07 bits per heavy atom. The summed E-state index contributed by atoms with van der Waals surface area (Å²) >= 11 is 0. The van der Waals surface area contributed by atoms with Gasteiger partial charge in [0.15, 0.2) is 11.6 Å². The quantitative estimate of drug-likeness (QED) is 0.268. The van der Waals surface area contributed by atoms with E-state index in [0.717, 1.165) is 29.5 Å². The molecule has 0 atom stereocenters. The molecule has 1 aliphatic heterocycles. The number of ether oxygens (including phenoxy) is 2. The molecule has 11 nitrogen and oxygen atoms in total. The number of likely N-dealkylation sites (tertiary alicyclic amines) is 1. The van der Waals surface area contributed by atoms with Crippen molar-refractivity contribution >= 4 is 22.9 Å². The van der Waals surface area contributed by atoms with Crippen LogP contribution in [0.25, 0.3) is 28.2 Å². The molecule has 1 amide bonds. The fraction of sp³-hybridized carbons (Fsp3) is 0.333. The number of carbonyl (C=O) groups excluding carboxylic acids is 1. The van der Waals surface area contributed by atoms with Crippen LogP contribution in [0.1, 0.15) is 44.7 Å². The zero-order chi connectivity index (χ0) is 30.8. The number of fused-ring (bicyclic) bond motifs is 3. The summed E-state index contributed by atoms with van der Waals surface area (Å²) in [5, 5.41) is 9.30. The number of amides is 1. The highest BCUT2D eigenvalue weighted by Crippen LogP contribution is 2.23. The van der Waals surface area contributed by atoms with Crippen molar-refractivity contribution < 1.29 is 14.3 Å². The lowest BCUT2D eigenvalue weighted by Crippen LogP contribution is -2.42. The number of nitrogens with zero attached hydrogens (tertiary/aromatic N) is 7. The van der Waals surface area contributed by atoms with Gasteiger partial charge in [0.25, 0.3) is 5.56 Å². The van der Waals surface area contributed by atoms with E-state index in [2.05, 4.69) is 21.0 Å². The molecule has 0 spiro atoms. The summed E-state index contributed by atoms with van der Waals surface area (Å²) in [7, 11) is 0. The molecule has 1 aliphatic rings. The fourth-order valence-corrected chi connectivity index (χ4v) is 5.32.